The molecule has 0 saturated carbocycles. The molecule has 1 amide bonds. The molecule has 2 aliphatic heterocycles. The van der Waals surface area contributed by atoms with Gasteiger partial charge in [-0.2, -0.15) is 0 Å². The lowest BCUT2D eigenvalue weighted by Gasteiger charge is -2.29. The molecule has 0 aromatic carbocycles. The molecule has 2 saturated heterocycles. The summed E-state index contributed by atoms with van der Waals surface area (Å²) in [4.78, 5) is 23.1. The lowest BCUT2D eigenvalue weighted by molar-refractivity contribution is -0.121. The molecule has 20 heavy (non-hydrogen) atoms. The smallest absolute Gasteiger partial charge is 0.222 e. The summed E-state index contributed by atoms with van der Waals surface area (Å²) in [5, 5.41) is 4.07. The predicted molar refractivity (Wildman–Crippen MR) is 76.5 cm³/mol. The molecular formula is C15H16N4O. The van der Waals surface area contributed by atoms with Crippen LogP contribution in [-0.2, 0) is 4.79 Å². The Morgan fingerprint density at radius 2 is 2.05 bits per heavy atom. The summed E-state index contributed by atoms with van der Waals surface area (Å²) >= 11 is 0. The van der Waals surface area contributed by atoms with E-state index in [0.717, 1.165) is 29.6 Å². The molecule has 0 spiro atoms. The fraction of sp³-hybridized carbons (Fsp3) is 0.400. The third-order valence-corrected chi connectivity index (χ3v) is 4.33. The van der Waals surface area contributed by atoms with Crippen molar-refractivity contribution in [1.29, 1.82) is 0 Å². The highest BCUT2D eigenvalue weighted by Gasteiger charge is 2.38. The number of hydrogen-bond donors (Lipinski definition) is 1. The van der Waals surface area contributed by atoms with Crippen molar-refractivity contribution < 1.29 is 4.79 Å². The van der Waals surface area contributed by atoms with E-state index in [4.69, 9.17) is 0 Å². The van der Waals surface area contributed by atoms with E-state index in [1.807, 2.05) is 18.3 Å². The Bertz CT molecular complexity index is 666. The summed E-state index contributed by atoms with van der Waals surface area (Å²) in [6.45, 7) is 0.716. The summed E-state index contributed by atoms with van der Waals surface area (Å²) in [6, 6.07) is 6.55. The van der Waals surface area contributed by atoms with Crippen molar-refractivity contribution in [2.24, 2.45) is 0 Å². The molecule has 1 N–H and O–H groups in total. The normalized spacial score (nSPS) is 25.6. The minimum atomic E-state index is 0.153. The van der Waals surface area contributed by atoms with Gasteiger partial charge in [0.25, 0.3) is 0 Å². The molecule has 0 unspecified atom stereocenters. The number of carbonyl (C=O) groups is 1. The number of nitrogens with zero attached hydrogens (tertiary/aromatic N) is 3. The van der Waals surface area contributed by atoms with Crippen molar-refractivity contribution in [3.05, 3.63) is 30.6 Å². The van der Waals surface area contributed by atoms with Crippen LogP contribution in [0.1, 0.15) is 19.3 Å². The van der Waals surface area contributed by atoms with Crippen molar-refractivity contribution in [3.63, 3.8) is 0 Å². The van der Waals surface area contributed by atoms with Crippen LogP contribution in [0.3, 0.4) is 0 Å². The number of carbonyl (C=O) groups excluding carboxylic acids is 1. The Morgan fingerprint density at radius 1 is 1.15 bits per heavy atom. The first-order chi connectivity index (χ1) is 9.83. The Balaban J connectivity index is 1.84. The Hall–Kier alpha value is -2.17. The molecule has 102 valence electrons. The van der Waals surface area contributed by atoms with Crippen LogP contribution in [0.2, 0.25) is 0 Å². The Morgan fingerprint density at radius 3 is 3.00 bits per heavy atom. The maximum Gasteiger partial charge on any atom is 0.222 e. The van der Waals surface area contributed by atoms with E-state index < -0.39 is 0 Å². The van der Waals surface area contributed by atoms with Crippen LogP contribution in [-0.4, -0.2) is 34.5 Å². The van der Waals surface area contributed by atoms with Gasteiger partial charge in [-0.25, -0.2) is 4.98 Å². The van der Waals surface area contributed by atoms with Crippen LogP contribution in [0.5, 0.6) is 0 Å². The summed E-state index contributed by atoms with van der Waals surface area (Å²) < 4.78 is 0. The molecule has 0 aliphatic carbocycles. The van der Waals surface area contributed by atoms with Gasteiger partial charge in [0, 0.05) is 42.8 Å². The molecule has 2 atom stereocenters. The van der Waals surface area contributed by atoms with Gasteiger partial charge in [0.05, 0.1) is 5.52 Å². The monoisotopic (exact) mass is 268 g/mol. The zero-order valence-electron chi connectivity index (χ0n) is 11.1. The average Bonchev–Trinajstić information content (AvgIpc) is 2.78. The van der Waals surface area contributed by atoms with E-state index in [9.17, 15) is 4.79 Å². The second-order valence-corrected chi connectivity index (χ2v) is 5.51. The zero-order chi connectivity index (χ0) is 13.5. The van der Waals surface area contributed by atoms with E-state index in [1.165, 1.54) is 0 Å². The van der Waals surface area contributed by atoms with Gasteiger partial charge in [0.1, 0.15) is 5.82 Å². The van der Waals surface area contributed by atoms with Crippen molar-refractivity contribution >= 4 is 22.6 Å². The zero-order valence-corrected chi connectivity index (χ0v) is 11.1. The number of nitrogens with one attached hydrogen (secondary N) is 1. The van der Waals surface area contributed by atoms with Crippen LogP contribution in [0.4, 0.5) is 5.82 Å². The van der Waals surface area contributed by atoms with Gasteiger partial charge in [-0.05, 0) is 31.0 Å². The number of aromatic nitrogens is 2. The Kier molecular flexibility index (Phi) is 2.58. The highest BCUT2D eigenvalue weighted by atomic mass is 16.1. The second kappa shape index (κ2) is 4.44. The van der Waals surface area contributed by atoms with Gasteiger partial charge in [0.2, 0.25) is 5.91 Å². The molecule has 2 bridgehead atoms. The van der Waals surface area contributed by atoms with Gasteiger partial charge in [0.15, 0.2) is 0 Å². The molecule has 5 nitrogen and oxygen atoms in total. The van der Waals surface area contributed by atoms with Gasteiger partial charge < -0.3 is 10.2 Å². The van der Waals surface area contributed by atoms with E-state index >= 15 is 0 Å². The predicted octanol–water partition coefficient (Wildman–Crippen LogP) is 1.49. The molecule has 2 aromatic rings. The topological polar surface area (TPSA) is 58.1 Å². The largest absolute Gasteiger partial charge is 0.354 e. The van der Waals surface area contributed by atoms with Crippen molar-refractivity contribution in [2.45, 2.75) is 31.3 Å². The van der Waals surface area contributed by atoms with Crippen molar-refractivity contribution in [2.75, 3.05) is 11.4 Å². The molecule has 2 aromatic heterocycles. The minimum Gasteiger partial charge on any atom is -0.354 e. The van der Waals surface area contributed by atoms with E-state index in [0.29, 0.717) is 19.0 Å². The number of pyridine rings is 2. The lowest BCUT2D eigenvalue weighted by Crippen LogP contribution is -2.38. The Labute approximate surface area is 117 Å². The molecule has 4 rings (SSSR count). The number of hydrogen-bond acceptors (Lipinski definition) is 4. The second-order valence-electron chi connectivity index (χ2n) is 5.51. The van der Waals surface area contributed by atoms with E-state index in [2.05, 4.69) is 26.3 Å². The highest BCUT2D eigenvalue weighted by Crippen LogP contribution is 2.35. The summed E-state index contributed by atoms with van der Waals surface area (Å²) in [7, 11) is 0. The fourth-order valence-corrected chi connectivity index (χ4v) is 3.42. The van der Waals surface area contributed by atoms with Crippen LogP contribution >= 0.6 is 0 Å². The minimum absolute atomic E-state index is 0.153. The van der Waals surface area contributed by atoms with Gasteiger partial charge >= 0.3 is 0 Å². The average molecular weight is 268 g/mol. The van der Waals surface area contributed by atoms with Gasteiger partial charge in [-0.1, -0.05) is 0 Å². The van der Waals surface area contributed by atoms with Crippen LogP contribution < -0.4 is 10.2 Å². The first-order valence-electron chi connectivity index (χ1n) is 7.08. The molecule has 0 radical (unpaired) electrons. The van der Waals surface area contributed by atoms with Crippen molar-refractivity contribution in [1.82, 2.24) is 15.3 Å². The van der Waals surface area contributed by atoms with Gasteiger partial charge in [-0.3, -0.25) is 9.78 Å². The molecule has 4 heterocycles. The quantitative estimate of drug-likeness (QED) is 0.851. The lowest BCUT2D eigenvalue weighted by atomic mass is 10.1. The molecular weight excluding hydrogens is 252 g/mol. The number of amides is 1. The van der Waals surface area contributed by atoms with E-state index in [-0.39, 0.29) is 11.9 Å². The first-order valence-corrected chi connectivity index (χ1v) is 7.08. The third kappa shape index (κ3) is 1.73. The maximum absolute atomic E-state index is 11.7. The van der Waals surface area contributed by atoms with E-state index in [1.54, 1.807) is 6.20 Å². The van der Waals surface area contributed by atoms with Crippen LogP contribution in [0.15, 0.2) is 30.6 Å². The highest BCUT2D eigenvalue weighted by molar-refractivity contribution is 5.90. The summed E-state index contributed by atoms with van der Waals surface area (Å²) in [6.07, 6.45) is 6.35. The number of anilines is 1. The fourth-order valence-electron chi connectivity index (χ4n) is 3.42. The molecule has 2 aliphatic rings. The summed E-state index contributed by atoms with van der Waals surface area (Å²) in [5.41, 5.74) is 0.959. The first kappa shape index (κ1) is 11.6. The third-order valence-electron chi connectivity index (χ3n) is 4.33. The number of fused-ring (bicyclic) bond motifs is 3. The number of rotatable bonds is 1. The molecule has 5 heteroatoms. The maximum atomic E-state index is 11.7. The van der Waals surface area contributed by atoms with Crippen LogP contribution in [0, 0.1) is 0 Å². The summed E-state index contributed by atoms with van der Waals surface area (Å²) in [5.74, 6) is 1.13. The SMILES string of the molecule is O=C1C[C@H]2CC[C@@H](CN1)N2c1nccc2ncccc12. The van der Waals surface area contributed by atoms with Crippen molar-refractivity contribution in [3.8, 4) is 0 Å². The molecule has 2 fully saturated rings. The standard InChI is InChI=1S/C15H16N4O/c20-14-8-10-3-4-11(9-18-14)19(10)15-12-2-1-6-16-13(12)5-7-17-15/h1-2,5-7,10-11H,3-4,8-9H2,(H,18,20)/t10-,11+/m1/s1. The van der Waals surface area contributed by atoms with Crippen LogP contribution in [0.25, 0.3) is 10.9 Å². The van der Waals surface area contributed by atoms with Gasteiger partial charge in [-0.15, -0.1) is 0 Å².